The predicted octanol–water partition coefficient (Wildman–Crippen LogP) is 2.88. The van der Waals surface area contributed by atoms with E-state index in [1.807, 2.05) is 30.3 Å². The van der Waals surface area contributed by atoms with Crippen molar-refractivity contribution >= 4 is 29.5 Å². The average Bonchev–Trinajstić information content (AvgIpc) is 3.14. The Labute approximate surface area is 151 Å². The molecule has 2 aliphatic heterocycles. The van der Waals surface area contributed by atoms with Gasteiger partial charge in [0.25, 0.3) is 17.7 Å². The summed E-state index contributed by atoms with van der Waals surface area (Å²) in [6.07, 6.45) is 4.42. The second-order valence-electron chi connectivity index (χ2n) is 6.43. The van der Waals surface area contributed by atoms with Crippen molar-refractivity contribution in [2.75, 3.05) is 11.4 Å². The summed E-state index contributed by atoms with van der Waals surface area (Å²) in [7, 11) is 0. The van der Waals surface area contributed by atoms with Gasteiger partial charge in [-0.3, -0.25) is 14.4 Å². The van der Waals surface area contributed by atoms with Crippen molar-refractivity contribution in [1.82, 2.24) is 4.90 Å². The Bertz CT molecular complexity index is 904. The Morgan fingerprint density at radius 2 is 1.73 bits per heavy atom. The molecule has 0 N–H and O–H groups in total. The highest BCUT2D eigenvalue weighted by Crippen LogP contribution is 2.32. The van der Waals surface area contributed by atoms with Crippen molar-refractivity contribution in [3.8, 4) is 0 Å². The zero-order valence-electron chi connectivity index (χ0n) is 14.2. The number of amides is 3. The molecule has 3 amide bonds. The van der Waals surface area contributed by atoms with Crippen LogP contribution in [0.2, 0.25) is 0 Å². The van der Waals surface area contributed by atoms with Crippen LogP contribution in [0.1, 0.15) is 28.8 Å². The quantitative estimate of drug-likeness (QED) is 0.786. The lowest BCUT2D eigenvalue weighted by atomic mass is 10.1. The van der Waals surface area contributed by atoms with E-state index in [1.54, 1.807) is 35.2 Å². The van der Waals surface area contributed by atoms with Crippen LogP contribution in [0, 0.1) is 0 Å². The number of imide groups is 1. The number of hydrogen-bond donors (Lipinski definition) is 0. The van der Waals surface area contributed by atoms with Gasteiger partial charge < -0.3 is 4.90 Å². The van der Waals surface area contributed by atoms with E-state index in [1.165, 1.54) is 6.08 Å². The maximum Gasteiger partial charge on any atom is 0.257 e. The Balaban J connectivity index is 1.74. The first-order valence-corrected chi connectivity index (χ1v) is 8.68. The summed E-state index contributed by atoms with van der Waals surface area (Å²) in [5.41, 5.74) is 1.63. The van der Waals surface area contributed by atoms with Crippen molar-refractivity contribution in [2.45, 2.75) is 18.9 Å². The molecule has 1 saturated heterocycles. The number of para-hydroxylation sites is 1. The van der Waals surface area contributed by atoms with Crippen LogP contribution in [0.3, 0.4) is 0 Å². The summed E-state index contributed by atoms with van der Waals surface area (Å²) >= 11 is 0. The fraction of sp³-hybridized carbons (Fsp3) is 0.190. The summed E-state index contributed by atoms with van der Waals surface area (Å²) in [6, 6.07) is 15.7. The summed E-state index contributed by atoms with van der Waals surface area (Å²) < 4.78 is 0. The van der Waals surface area contributed by atoms with Crippen LogP contribution in [-0.4, -0.2) is 35.2 Å². The van der Waals surface area contributed by atoms with Crippen LogP contribution in [0.25, 0.3) is 6.08 Å². The monoisotopic (exact) mass is 346 g/mol. The number of anilines is 1. The van der Waals surface area contributed by atoms with Crippen LogP contribution < -0.4 is 4.90 Å². The van der Waals surface area contributed by atoms with Gasteiger partial charge in [0.1, 0.15) is 6.04 Å². The molecule has 4 rings (SSSR count). The SMILES string of the molecule is O=C(/C=C/c1ccccc1)N1C(=O)C2CCCN2C(=O)c2ccccc21. The van der Waals surface area contributed by atoms with Gasteiger partial charge in [-0.15, -0.1) is 0 Å². The van der Waals surface area contributed by atoms with E-state index < -0.39 is 11.9 Å². The molecule has 5 nitrogen and oxygen atoms in total. The highest BCUT2D eigenvalue weighted by atomic mass is 16.2. The molecular formula is C21H18N2O3. The largest absolute Gasteiger partial charge is 0.327 e. The lowest BCUT2D eigenvalue weighted by Gasteiger charge is -2.23. The number of nitrogens with zero attached hydrogens (tertiary/aromatic N) is 2. The Kier molecular flexibility index (Phi) is 4.13. The van der Waals surface area contributed by atoms with Gasteiger partial charge in [-0.2, -0.15) is 0 Å². The molecule has 0 spiro atoms. The molecule has 0 aromatic heterocycles. The minimum atomic E-state index is -0.566. The number of benzene rings is 2. The third kappa shape index (κ3) is 2.71. The standard InChI is InChI=1S/C21H18N2O3/c24-19(13-12-15-7-2-1-3-8-15)23-17-10-5-4-9-16(17)20(25)22-14-6-11-18(22)21(23)26/h1-5,7-10,12-13,18H,6,11,14H2/b13-12+. The van der Waals surface area contributed by atoms with Gasteiger partial charge in [0.05, 0.1) is 11.3 Å². The van der Waals surface area contributed by atoms with Crippen molar-refractivity contribution in [1.29, 1.82) is 0 Å². The highest BCUT2D eigenvalue weighted by Gasteiger charge is 2.43. The minimum absolute atomic E-state index is 0.182. The summed E-state index contributed by atoms with van der Waals surface area (Å²) in [5.74, 6) is -0.949. The molecule has 0 saturated carbocycles. The Hall–Kier alpha value is -3.21. The van der Waals surface area contributed by atoms with Crippen LogP contribution >= 0.6 is 0 Å². The maximum atomic E-state index is 13.1. The van der Waals surface area contributed by atoms with Gasteiger partial charge in [-0.1, -0.05) is 42.5 Å². The first-order chi connectivity index (χ1) is 12.7. The van der Waals surface area contributed by atoms with E-state index in [0.29, 0.717) is 24.2 Å². The third-order valence-electron chi connectivity index (χ3n) is 4.83. The molecule has 2 heterocycles. The van der Waals surface area contributed by atoms with Crippen molar-refractivity contribution < 1.29 is 14.4 Å². The molecule has 2 aromatic rings. The van der Waals surface area contributed by atoms with E-state index in [9.17, 15) is 14.4 Å². The molecule has 5 heteroatoms. The minimum Gasteiger partial charge on any atom is -0.327 e. The fourth-order valence-electron chi connectivity index (χ4n) is 3.57. The van der Waals surface area contributed by atoms with Crippen LogP contribution in [0.15, 0.2) is 60.7 Å². The molecule has 2 aromatic carbocycles. The van der Waals surface area contributed by atoms with Crippen LogP contribution in [-0.2, 0) is 9.59 Å². The van der Waals surface area contributed by atoms with E-state index in [0.717, 1.165) is 16.9 Å². The lowest BCUT2D eigenvalue weighted by molar-refractivity contribution is -0.126. The van der Waals surface area contributed by atoms with E-state index in [2.05, 4.69) is 0 Å². The summed E-state index contributed by atoms with van der Waals surface area (Å²) in [6.45, 7) is 0.547. The zero-order valence-corrected chi connectivity index (χ0v) is 14.2. The Morgan fingerprint density at radius 1 is 1.00 bits per heavy atom. The molecule has 0 aliphatic carbocycles. The molecule has 2 aliphatic rings. The molecule has 1 atom stereocenters. The van der Waals surface area contributed by atoms with E-state index in [4.69, 9.17) is 0 Å². The predicted molar refractivity (Wildman–Crippen MR) is 98.5 cm³/mol. The number of hydrogen-bond acceptors (Lipinski definition) is 3. The van der Waals surface area contributed by atoms with Gasteiger partial charge >= 0.3 is 0 Å². The van der Waals surface area contributed by atoms with Crippen LogP contribution in [0.4, 0.5) is 5.69 Å². The topological polar surface area (TPSA) is 57.7 Å². The number of carbonyl (C=O) groups is 3. The molecule has 130 valence electrons. The zero-order chi connectivity index (χ0) is 18.1. The normalized spacial score (nSPS) is 19.5. The molecule has 1 fully saturated rings. The molecule has 26 heavy (non-hydrogen) atoms. The van der Waals surface area contributed by atoms with Gasteiger partial charge in [0.15, 0.2) is 0 Å². The average molecular weight is 346 g/mol. The molecule has 1 unspecified atom stereocenters. The number of rotatable bonds is 2. The van der Waals surface area contributed by atoms with Crippen molar-refractivity contribution in [3.05, 3.63) is 71.8 Å². The van der Waals surface area contributed by atoms with Gasteiger partial charge in [-0.05, 0) is 36.6 Å². The van der Waals surface area contributed by atoms with Gasteiger partial charge in [0, 0.05) is 12.6 Å². The Morgan fingerprint density at radius 3 is 2.54 bits per heavy atom. The van der Waals surface area contributed by atoms with E-state index in [-0.39, 0.29) is 11.8 Å². The van der Waals surface area contributed by atoms with E-state index >= 15 is 0 Å². The fourth-order valence-corrected chi connectivity index (χ4v) is 3.57. The first-order valence-electron chi connectivity index (χ1n) is 8.68. The van der Waals surface area contributed by atoms with Gasteiger partial charge in [-0.25, -0.2) is 4.90 Å². The second kappa shape index (κ2) is 6.59. The summed E-state index contributed by atoms with van der Waals surface area (Å²) in [4.78, 5) is 41.5. The number of fused-ring (bicyclic) bond motifs is 2. The molecule has 0 bridgehead atoms. The highest BCUT2D eigenvalue weighted by molar-refractivity contribution is 6.25. The smallest absolute Gasteiger partial charge is 0.257 e. The number of carbonyl (C=O) groups excluding carboxylic acids is 3. The van der Waals surface area contributed by atoms with Crippen LogP contribution in [0.5, 0.6) is 0 Å². The maximum absolute atomic E-state index is 13.1. The third-order valence-corrected chi connectivity index (χ3v) is 4.83. The summed E-state index contributed by atoms with van der Waals surface area (Å²) in [5, 5.41) is 0. The van der Waals surface area contributed by atoms with Crippen molar-refractivity contribution in [3.63, 3.8) is 0 Å². The molecule has 0 radical (unpaired) electrons. The second-order valence-corrected chi connectivity index (χ2v) is 6.43. The van der Waals surface area contributed by atoms with Crippen molar-refractivity contribution in [2.24, 2.45) is 0 Å². The van der Waals surface area contributed by atoms with Gasteiger partial charge in [0.2, 0.25) is 0 Å². The lowest BCUT2D eigenvalue weighted by Crippen LogP contribution is -2.46. The molecular weight excluding hydrogens is 328 g/mol. The first kappa shape index (κ1) is 16.3.